The van der Waals surface area contributed by atoms with Gasteiger partial charge in [-0.05, 0) is 113 Å². The fourth-order valence-electron chi connectivity index (χ4n) is 10.5. The van der Waals surface area contributed by atoms with Crippen LogP contribution in [-0.4, -0.2) is 15.0 Å². The Labute approximate surface area is 317 Å². The molecule has 0 radical (unpaired) electrons. The molecule has 1 aromatic heterocycles. The lowest BCUT2D eigenvalue weighted by Gasteiger charge is -2.63. The lowest BCUT2D eigenvalue weighted by molar-refractivity contribution is -0.0281. The first-order valence-corrected chi connectivity index (χ1v) is 19.2. The highest BCUT2D eigenvalue weighted by molar-refractivity contribution is 5.73. The lowest BCUT2D eigenvalue weighted by atomic mass is 9.41. The van der Waals surface area contributed by atoms with E-state index in [9.17, 15) is 5.26 Å². The van der Waals surface area contributed by atoms with E-state index in [1.807, 2.05) is 72.8 Å². The fourth-order valence-corrected chi connectivity index (χ4v) is 10.5. The van der Waals surface area contributed by atoms with Gasteiger partial charge in [0.25, 0.3) is 0 Å². The maximum absolute atomic E-state index is 9.23. The third kappa shape index (κ3) is 5.81. The number of hydrogen-bond donors (Lipinski definition) is 0. The zero-order valence-corrected chi connectivity index (χ0v) is 30.2. The molecule has 7 aromatic rings. The van der Waals surface area contributed by atoms with Crippen molar-refractivity contribution >= 4 is 0 Å². The lowest BCUT2D eigenvalue weighted by Crippen LogP contribution is -2.55. The van der Waals surface area contributed by atoms with E-state index in [1.54, 1.807) is 0 Å². The molecule has 0 amide bonds. The highest BCUT2D eigenvalue weighted by Crippen LogP contribution is 2.66. The van der Waals surface area contributed by atoms with Crippen molar-refractivity contribution in [2.24, 2.45) is 11.8 Å². The van der Waals surface area contributed by atoms with Crippen LogP contribution in [0.25, 0.3) is 56.4 Å². The fraction of sp³-hybridized carbons (Fsp3) is 0.200. The van der Waals surface area contributed by atoms with Gasteiger partial charge in [0.2, 0.25) is 0 Å². The summed E-state index contributed by atoms with van der Waals surface area (Å²) in [6.45, 7) is 0. The van der Waals surface area contributed by atoms with Crippen LogP contribution in [0.3, 0.4) is 0 Å². The minimum Gasteiger partial charge on any atom is -0.208 e. The summed E-state index contributed by atoms with van der Waals surface area (Å²) in [6, 6.07) is 58.0. The van der Waals surface area contributed by atoms with Gasteiger partial charge in [-0.25, -0.2) is 15.0 Å². The zero-order valence-electron chi connectivity index (χ0n) is 30.2. The summed E-state index contributed by atoms with van der Waals surface area (Å²) in [4.78, 5) is 14.8. The van der Waals surface area contributed by atoms with E-state index in [-0.39, 0.29) is 10.8 Å². The number of aromatic nitrogens is 3. The molecule has 0 aliphatic heterocycles. The Kier molecular flexibility index (Phi) is 7.84. The molecule has 0 N–H and O–H groups in total. The molecule has 260 valence electrons. The molecule has 54 heavy (non-hydrogen) atoms. The van der Waals surface area contributed by atoms with E-state index < -0.39 is 0 Å². The normalized spacial score (nSPS) is 22.5. The van der Waals surface area contributed by atoms with Gasteiger partial charge in [-0.1, -0.05) is 140 Å². The molecule has 4 nitrogen and oxygen atoms in total. The predicted molar refractivity (Wildman–Crippen MR) is 216 cm³/mol. The van der Waals surface area contributed by atoms with Crippen LogP contribution in [0, 0.1) is 23.2 Å². The molecule has 0 spiro atoms. The Balaban J connectivity index is 0.943. The molecule has 2 unspecified atom stereocenters. The highest BCUT2D eigenvalue weighted by atomic mass is 15.0. The Bertz CT molecular complexity index is 2430. The Hall–Kier alpha value is -6.18. The minimum absolute atomic E-state index is 0.225. The standard InChI is InChI=1S/C50H40N4/c51-32-34-14-16-37(17-15-34)38-18-22-44(23-19-38)49-28-35-26-36(29-49)31-50(30-35,33-49)45-24-20-39(21-25-45)42-12-7-13-43(27-42)48-53-46(40-8-3-1-4-9-40)52-47(54-48)41-10-5-2-6-11-41/h1-25,27,35-36H,26,28-31,33H2. The van der Waals surface area contributed by atoms with Crippen molar-refractivity contribution in [3.8, 4) is 62.5 Å². The second-order valence-corrected chi connectivity index (χ2v) is 16.0. The van der Waals surface area contributed by atoms with Crippen LogP contribution in [0.1, 0.15) is 55.2 Å². The molecule has 2 atom stereocenters. The number of benzene rings is 6. The Morgan fingerprint density at radius 3 is 1.31 bits per heavy atom. The van der Waals surface area contributed by atoms with E-state index in [0.29, 0.717) is 23.0 Å². The molecule has 6 aromatic carbocycles. The first kappa shape index (κ1) is 32.5. The van der Waals surface area contributed by atoms with Gasteiger partial charge in [0.15, 0.2) is 17.5 Å². The highest BCUT2D eigenvalue weighted by Gasteiger charge is 2.58. The van der Waals surface area contributed by atoms with E-state index in [4.69, 9.17) is 15.0 Å². The maximum Gasteiger partial charge on any atom is 0.164 e. The Morgan fingerprint density at radius 1 is 0.426 bits per heavy atom. The summed E-state index contributed by atoms with van der Waals surface area (Å²) in [5, 5.41) is 9.23. The molecule has 11 rings (SSSR count). The molecule has 4 fully saturated rings. The van der Waals surface area contributed by atoms with Gasteiger partial charge < -0.3 is 0 Å². The van der Waals surface area contributed by atoms with Gasteiger partial charge in [0, 0.05) is 16.7 Å². The van der Waals surface area contributed by atoms with Crippen LogP contribution in [-0.2, 0) is 10.8 Å². The van der Waals surface area contributed by atoms with Crippen molar-refractivity contribution in [2.45, 2.75) is 49.4 Å². The van der Waals surface area contributed by atoms with Gasteiger partial charge in [-0.2, -0.15) is 5.26 Å². The third-order valence-corrected chi connectivity index (χ3v) is 12.6. The van der Waals surface area contributed by atoms with Gasteiger partial charge in [0.1, 0.15) is 0 Å². The molecule has 0 saturated heterocycles. The summed E-state index contributed by atoms with van der Waals surface area (Å²) in [7, 11) is 0. The summed E-state index contributed by atoms with van der Waals surface area (Å²) in [5.74, 6) is 3.57. The number of nitrogens with zero attached hydrogens (tertiary/aromatic N) is 4. The largest absolute Gasteiger partial charge is 0.208 e. The average Bonchev–Trinajstić information content (AvgIpc) is 3.24. The summed E-state index contributed by atoms with van der Waals surface area (Å²) in [5.41, 5.74) is 11.8. The molecule has 1 heterocycles. The molecule has 4 aliphatic rings. The number of nitriles is 1. The topological polar surface area (TPSA) is 62.5 Å². The van der Waals surface area contributed by atoms with Crippen LogP contribution in [0.4, 0.5) is 0 Å². The molecule has 4 saturated carbocycles. The van der Waals surface area contributed by atoms with Gasteiger partial charge in [0.05, 0.1) is 11.6 Å². The van der Waals surface area contributed by atoms with Crippen molar-refractivity contribution < 1.29 is 0 Å². The molecule has 4 bridgehead atoms. The van der Waals surface area contributed by atoms with Crippen LogP contribution in [0.5, 0.6) is 0 Å². The predicted octanol–water partition coefficient (Wildman–Crippen LogP) is 11.9. The van der Waals surface area contributed by atoms with E-state index in [2.05, 4.69) is 91.0 Å². The van der Waals surface area contributed by atoms with E-state index >= 15 is 0 Å². The van der Waals surface area contributed by atoms with Crippen molar-refractivity contribution in [3.05, 3.63) is 174 Å². The van der Waals surface area contributed by atoms with Gasteiger partial charge in [-0.3, -0.25) is 0 Å². The second kappa shape index (κ2) is 13.0. The van der Waals surface area contributed by atoms with Crippen LogP contribution < -0.4 is 0 Å². The smallest absolute Gasteiger partial charge is 0.164 e. The SMILES string of the molecule is N#Cc1ccc(-c2ccc(C34CC5CC(C3)CC(c3ccc(-c6cccc(-c7nc(-c8ccccc8)nc(-c8ccccc8)n7)c6)cc3)(C5)C4)cc2)cc1. The molecular weight excluding hydrogens is 657 g/mol. The third-order valence-electron chi connectivity index (χ3n) is 12.6. The monoisotopic (exact) mass is 696 g/mol. The van der Waals surface area contributed by atoms with Gasteiger partial charge >= 0.3 is 0 Å². The summed E-state index contributed by atoms with van der Waals surface area (Å²) >= 11 is 0. The summed E-state index contributed by atoms with van der Waals surface area (Å²) < 4.78 is 0. The van der Waals surface area contributed by atoms with Crippen molar-refractivity contribution in [1.29, 1.82) is 5.26 Å². The second-order valence-electron chi connectivity index (χ2n) is 16.0. The summed E-state index contributed by atoms with van der Waals surface area (Å²) in [6.07, 6.45) is 7.83. The van der Waals surface area contributed by atoms with E-state index in [1.165, 1.54) is 60.8 Å². The zero-order chi connectivity index (χ0) is 36.1. The van der Waals surface area contributed by atoms with Crippen molar-refractivity contribution in [3.63, 3.8) is 0 Å². The molecular formula is C50H40N4. The van der Waals surface area contributed by atoms with Crippen molar-refractivity contribution in [1.82, 2.24) is 15.0 Å². The first-order valence-electron chi connectivity index (χ1n) is 19.2. The maximum atomic E-state index is 9.23. The van der Waals surface area contributed by atoms with Crippen LogP contribution >= 0.6 is 0 Å². The minimum atomic E-state index is 0.225. The van der Waals surface area contributed by atoms with Crippen molar-refractivity contribution in [2.75, 3.05) is 0 Å². The van der Waals surface area contributed by atoms with Crippen LogP contribution in [0.15, 0.2) is 158 Å². The molecule has 4 heteroatoms. The van der Waals surface area contributed by atoms with E-state index in [0.717, 1.165) is 39.7 Å². The average molecular weight is 697 g/mol. The Morgan fingerprint density at radius 2 is 0.833 bits per heavy atom. The first-order chi connectivity index (χ1) is 26.5. The number of hydrogen-bond acceptors (Lipinski definition) is 4. The van der Waals surface area contributed by atoms with Gasteiger partial charge in [-0.15, -0.1) is 0 Å². The molecule has 4 aliphatic carbocycles. The quantitative estimate of drug-likeness (QED) is 0.166. The number of rotatable bonds is 7. The van der Waals surface area contributed by atoms with Crippen LogP contribution in [0.2, 0.25) is 0 Å².